The fraction of sp³-hybridized carbons (Fsp3) is 0.250. The van der Waals surface area contributed by atoms with Crippen LogP contribution >= 0.6 is 24.8 Å². The maximum atomic E-state index is 10.2. The van der Waals surface area contributed by atoms with Gasteiger partial charge in [-0.25, -0.2) is 4.99 Å². The van der Waals surface area contributed by atoms with Gasteiger partial charge in [-0.05, 0) is 0 Å². The maximum absolute atomic E-state index is 10.2. The van der Waals surface area contributed by atoms with E-state index in [-0.39, 0.29) is 37.3 Å². The summed E-state index contributed by atoms with van der Waals surface area (Å²) in [5, 5.41) is 0. The van der Waals surface area contributed by atoms with Crippen LogP contribution in [-0.2, 0) is 4.79 Å². The van der Waals surface area contributed by atoms with Crippen LogP contribution in [0, 0.1) is 0 Å². The van der Waals surface area contributed by atoms with Crippen molar-refractivity contribution < 1.29 is 4.79 Å². The minimum Gasteiger partial charge on any atom is -0.282 e. The topological polar surface area (TPSA) is 41.8 Å². The molecule has 1 aliphatic heterocycles. The lowest BCUT2D eigenvalue weighted by Crippen LogP contribution is -2.03. The summed E-state index contributed by atoms with van der Waals surface area (Å²) in [6.45, 7) is 0.219. The van der Waals surface area contributed by atoms with E-state index in [1.54, 1.807) is 0 Å². The molecule has 52 valence electrons. The quantitative estimate of drug-likeness (QED) is 0.520. The minimum absolute atomic E-state index is 0. The van der Waals surface area contributed by atoms with E-state index in [0.717, 1.165) is 0 Å². The second-order valence-electron chi connectivity index (χ2n) is 1.16. The molecule has 0 radical (unpaired) electrons. The molecule has 1 rings (SSSR count). The van der Waals surface area contributed by atoms with Crippen molar-refractivity contribution in [3.05, 3.63) is 0 Å². The van der Waals surface area contributed by atoms with E-state index >= 15 is 0 Å². The third-order valence-electron chi connectivity index (χ3n) is 0.617. The number of carbonyl (C=O) groups excluding carboxylic acids is 1. The average molecular weight is 169 g/mol. The SMILES string of the molecule is Cl.Cl.O=C1CN=CC=N1. The molecule has 1 heterocycles. The Balaban J connectivity index is 0. The first kappa shape index (κ1) is 11.4. The van der Waals surface area contributed by atoms with Gasteiger partial charge in [-0.3, -0.25) is 9.79 Å². The molecule has 0 aromatic carbocycles. The highest BCUT2D eigenvalue weighted by molar-refractivity contribution is 6.20. The molecule has 0 aromatic rings. The highest BCUT2D eigenvalue weighted by Gasteiger charge is 1.94. The molecule has 0 saturated heterocycles. The van der Waals surface area contributed by atoms with Crippen molar-refractivity contribution in [2.45, 2.75) is 0 Å². The van der Waals surface area contributed by atoms with Crippen LogP contribution in [0.2, 0.25) is 0 Å². The van der Waals surface area contributed by atoms with Crippen LogP contribution in [0.5, 0.6) is 0 Å². The zero-order valence-electron chi connectivity index (χ0n) is 4.48. The van der Waals surface area contributed by atoms with Crippen LogP contribution in [-0.4, -0.2) is 24.9 Å². The number of halogens is 2. The first-order valence-corrected chi connectivity index (χ1v) is 1.95. The lowest BCUT2D eigenvalue weighted by Gasteiger charge is -1.88. The Hall–Kier alpha value is -0.410. The van der Waals surface area contributed by atoms with E-state index in [9.17, 15) is 4.79 Å². The van der Waals surface area contributed by atoms with Gasteiger partial charge in [-0.1, -0.05) is 0 Å². The molecule has 0 bridgehead atoms. The molecule has 1 amide bonds. The summed E-state index contributed by atoms with van der Waals surface area (Å²) in [6, 6.07) is 0. The molecule has 0 N–H and O–H groups in total. The number of hydrogen-bond donors (Lipinski definition) is 0. The first-order chi connectivity index (χ1) is 3.39. The van der Waals surface area contributed by atoms with Crippen molar-refractivity contribution in [1.29, 1.82) is 0 Å². The van der Waals surface area contributed by atoms with Gasteiger partial charge >= 0.3 is 0 Å². The second kappa shape index (κ2) is 5.72. The third kappa shape index (κ3) is 4.12. The van der Waals surface area contributed by atoms with Crippen LogP contribution < -0.4 is 0 Å². The van der Waals surface area contributed by atoms with E-state index in [0.29, 0.717) is 0 Å². The second-order valence-corrected chi connectivity index (χ2v) is 1.16. The van der Waals surface area contributed by atoms with E-state index < -0.39 is 0 Å². The Labute approximate surface area is 65.1 Å². The number of hydrogen-bond acceptors (Lipinski definition) is 2. The Bertz CT molecular complexity index is 144. The summed E-state index contributed by atoms with van der Waals surface area (Å²) in [5.41, 5.74) is 0. The van der Waals surface area contributed by atoms with Crippen molar-refractivity contribution >= 4 is 43.2 Å². The van der Waals surface area contributed by atoms with Gasteiger partial charge in [0.05, 0.1) is 0 Å². The van der Waals surface area contributed by atoms with Crippen molar-refractivity contribution in [3.8, 4) is 0 Å². The van der Waals surface area contributed by atoms with Crippen LogP contribution in [0.3, 0.4) is 0 Å². The van der Waals surface area contributed by atoms with Gasteiger partial charge in [0.25, 0.3) is 5.91 Å². The number of aliphatic imine (C=N–C) groups is 2. The summed E-state index contributed by atoms with van der Waals surface area (Å²) >= 11 is 0. The summed E-state index contributed by atoms with van der Waals surface area (Å²) < 4.78 is 0. The molecular weight excluding hydrogens is 163 g/mol. The molecule has 5 heteroatoms. The van der Waals surface area contributed by atoms with Gasteiger partial charge in [0.2, 0.25) is 0 Å². The summed E-state index contributed by atoms with van der Waals surface area (Å²) in [5.74, 6) is -0.164. The van der Waals surface area contributed by atoms with E-state index in [1.165, 1.54) is 12.4 Å². The molecule has 0 atom stereocenters. The van der Waals surface area contributed by atoms with E-state index in [4.69, 9.17) is 0 Å². The third-order valence-corrected chi connectivity index (χ3v) is 0.617. The molecule has 0 unspecified atom stereocenters. The fourth-order valence-electron chi connectivity index (χ4n) is 0.335. The molecular formula is C4H6Cl2N2O. The Morgan fingerprint density at radius 1 is 1.33 bits per heavy atom. The maximum Gasteiger partial charge on any atom is 0.267 e. The van der Waals surface area contributed by atoms with Gasteiger partial charge in [0, 0.05) is 12.4 Å². The monoisotopic (exact) mass is 168 g/mol. The zero-order chi connectivity index (χ0) is 5.11. The molecule has 3 nitrogen and oxygen atoms in total. The Kier molecular flexibility index (Phi) is 7.24. The molecule has 0 fully saturated rings. The highest BCUT2D eigenvalue weighted by atomic mass is 35.5. The van der Waals surface area contributed by atoms with Crippen molar-refractivity contribution in [3.63, 3.8) is 0 Å². The molecule has 9 heavy (non-hydrogen) atoms. The van der Waals surface area contributed by atoms with E-state index in [1.807, 2.05) is 0 Å². The Morgan fingerprint density at radius 2 is 2.00 bits per heavy atom. The van der Waals surface area contributed by atoms with Crippen LogP contribution in [0.4, 0.5) is 0 Å². The molecule has 0 aromatic heterocycles. The van der Waals surface area contributed by atoms with Gasteiger partial charge in [-0.2, -0.15) is 0 Å². The van der Waals surface area contributed by atoms with Crippen molar-refractivity contribution in [1.82, 2.24) is 0 Å². The normalized spacial score (nSPS) is 14.0. The molecule has 1 aliphatic rings. The molecule has 0 saturated carbocycles. The van der Waals surface area contributed by atoms with Crippen LogP contribution in [0.1, 0.15) is 0 Å². The number of rotatable bonds is 0. The average Bonchev–Trinajstić information content (AvgIpc) is 1.69. The molecule has 0 spiro atoms. The van der Waals surface area contributed by atoms with Gasteiger partial charge in [0.15, 0.2) is 0 Å². The number of carbonyl (C=O) groups is 1. The minimum atomic E-state index is -0.164. The summed E-state index contributed by atoms with van der Waals surface area (Å²) in [4.78, 5) is 17.2. The van der Waals surface area contributed by atoms with Gasteiger partial charge < -0.3 is 0 Å². The Morgan fingerprint density at radius 3 is 2.22 bits per heavy atom. The van der Waals surface area contributed by atoms with Crippen LogP contribution in [0.15, 0.2) is 9.98 Å². The lowest BCUT2D eigenvalue weighted by molar-refractivity contribution is -0.116. The predicted molar refractivity (Wildman–Crippen MR) is 41.4 cm³/mol. The first-order valence-electron chi connectivity index (χ1n) is 1.95. The van der Waals surface area contributed by atoms with Crippen molar-refractivity contribution in [2.75, 3.05) is 6.54 Å². The summed E-state index contributed by atoms with van der Waals surface area (Å²) in [6.07, 6.45) is 2.91. The molecule has 0 aliphatic carbocycles. The smallest absolute Gasteiger partial charge is 0.267 e. The standard InChI is InChI=1S/C4H4N2O.2ClH/c7-4-3-5-1-2-6-4;;/h1-2H,3H2;2*1H. The largest absolute Gasteiger partial charge is 0.282 e. The highest BCUT2D eigenvalue weighted by Crippen LogP contribution is 1.78. The zero-order valence-corrected chi connectivity index (χ0v) is 6.11. The van der Waals surface area contributed by atoms with Crippen molar-refractivity contribution in [2.24, 2.45) is 9.98 Å². The fourth-order valence-corrected chi connectivity index (χ4v) is 0.335. The number of amides is 1. The number of nitrogens with zero attached hydrogens (tertiary/aromatic N) is 2. The van der Waals surface area contributed by atoms with Crippen LogP contribution in [0.25, 0.3) is 0 Å². The summed E-state index contributed by atoms with van der Waals surface area (Å²) in [7, 11) is 0. The van der Waals surface area contributed by atoms with Gasteiger partial charge in [-0.15, -0.1) is 24.8 Å². The van der Waals surface area contributed by atoms with Gasteiger partial charge in [0.1, 0.15) is 6.54 Å². The predicted octanol–water partition coefficient (Wildman–Crippen LogP) is 0.512. The lowest BCUT2D eigenvalue weighted by atomic mass is 10.5. The van der Waals surface area contributed by atoms with E-state index in [2.05, 4.69) is 9.98 Å².